The summed E-state index contributed by atoms with van der Waals surface area (Å²) in [5.74, 6) is 0.841. The number of imidazole rings is 1. The quantitative estimate of drug-likeness (QED) is 0.608. The molecule has 2 aromatic heterocycles. The van der Waals surface area contributed by atoms with Crippen molar-refractivity contribution in [3.63, 3.8) is 0 Å². The third-order valence-corrected chi connectivity index (χ3v) is 4.56. The zero-order valence-electron chi connectivity index (χ0n) is 14.6. The second-order valence-corrected chi connectivity index (χ2v) is 6.27. The van der Waals surface area contributed by atoms with Crippen LogP contribution in [0.1, 0.15) is 33.5 Å². The molecule has 5 heteroatoms. The molecule has 0 aliphatic heterocycles. The number of benzene rings is 2. The summed E-state index contributed by atoms with van der Waals surface area (Å²) in [6.07, 6.45) is 1.52. The van der Waals surface area contributed by atoms with Gasteiger partial charge >= 0.3 is 0 Å². The van der Waals surface area contributed by atoms with Gasteiger partial charge < -0.3 is 14.3 Å². The van der Waals surface area contributed by atoms with Gasteiger partial charge in [0.25, 0.3) is 5.91 Å². The first-order chi connectivity index (χ1) is 12.6. The van der Waals surface area contributed by atoms with Gasteiger partial charge in [-0.2, -0.15) is 0 Å². The van der Waals surface area contributed by atoms with Gasteiger partial charge in [0.15, 0.2) is 5.76 Å². The summed E-state index contributed by atoms with van der Waals surface area (Å²) in [4.78, 5) is 17.5. The number of amides is 1. The number of furan rings is 1. The molecule has 1 N–H and O–H groups in total. The van der Waals surface area contributed by atoms with Crippen LogP contribution in [0.15, 0.2) is 71.3 Å². The van der Waals surface area contributed by atoms with Gasteiger partial charge in [0, 0.05) is 12.6 Å². The molecule has 130 valence electrons. The molecule has 2 heterocycles. The molecule has 1 atom stereocenters. The average Bonchev–Trinajstić information content (AvgIpc) is 3.24. The minimum atomic E-state index is -0.384. The number of hydrogen-bond donors (Lipinski definition) is 1. The Morgan fingerprint density at radius 3 is 2.50 bits per heavy atom. The summed E-state index contributed by atoms with van der Waals surface area (Å²) in [6.45, 7) is 1.85. The SMILES string of the molecule is Cc1ccoc1C(=O)N[C@@H](c1ccccc1)c1nc2ccccc2n1C. The number of fused-ring (bicyclic) bond motifs is 1. The molecule has 0 saturated carbocycles. The van der Waals surface area contributed by atoms with Crippen LogP contribution in [0.5, 0.6) is 0 Å². The maximum atomic E-state index is 12.8. The number of aromatic nitrogens is 2. The topological polar surface area (TPSA) is 60.1 Å². The largest absolute Gasteiger partial charge is 0.459 e. The first kappa shape index (κ1) is 16.1. The summed E-state index contributed by atoms with van der Waals surface area (Å²) >= 11 is 0. The Balaban J connectivity index is 1.79. The Labute approximate surface area is 151 Å². The number of rotatable bonds is 4. The molecule has 0 radical (unpaired) electrons. The third kappa shape index (κ3) is 2.77. The third-order valence-electron chi connectivity index (χ3n) is 4.56. The molecule has 0 saturated heterocycles. The Morgan fingerprint density at radius 1 is 1.08 bits per heavy atom. The molecule has 4 aromatic rings. The smallest absolute Gasteiger partial charge is 0.288 e. The first-order valence-electron chi connectivity index (χ1n) is 8.46. The van der Waals surface area contributed by atoms with Crippen LogP contribution < -0.4 is 5.32 Å². The number of carbonyl (C=O) groups is 1. The predicted molar refractivity (Wildman–Crippen MR) is 99.9 cm³/mol. The van der Waals surface area contributed by atoms with Crippen LogP contribution in [-0.4, -0.2) is 15.5 Å². The van der Waals surface area contributed by atoms with Gasteiger partial charge in [-0.1, -0.05) is 42.5 Å². The highest BCUT2D eigenvalue weighted by molar-refractivity contribution is 5.93. The number of para-hydroxylation sites is 2. The minimum absolute atomic E-state index is 0.256. The van der Waals surface area contributed by atoms with Gasteiger partial charge in [-0.15, -0.1) is 0 Å². The van der Waals surface area contributed by atoms with Crippen molar-refractivity contribution in [3.05, 3.63) is 89.6 Å². The molecule has 2 aromatic carbocycles. The van der Waals surface area contributed by atoms with Gasteiger partial charge in [-0.3, -0.25) is 4.79 Å². The molecule has 4 rings (SSSR count). The van der Waals surface area contributed by atoms with Crippen LogP contribution in [0.4, 0.5) is 0 Å². The van der Waals surface area contributed by atoms with Crippen molar-refractivity contribution in [2.75, 3.05) is 0 Å². The van der Waals surface area contributed by atoms with Crippen LogP contribution in [-0.2, 0) is 7.05 Å². The number of hydrogen-bond acceptors (Lipinski definition) is 3. The van der Waals surface area contributed by atoms with E-state index in [4.69, 9.17) is 9.40 Å². The van der Waals surface area contributed by atoms with Crippen molar-refractivity contribution in [2.24, 2.45) is 7.05 Å². The van der Waals surface area contributed by atoms with Gasteiger partial charge in [-0.25, -0.2) is 4.98 Å². The molecule has 0 bridgehead atoms. The van der Waals surface area contributed by atoms with E-state index in [2.05, 4.69) is 5.32 Å². The monoisotopic (exact) mass is 345 g/mol. The maximum Gasteiger partial charge on any atom is 0.288 e. The molecule has 26 heavy (non-hydrogen) atoms. The second kappa shape index (κ2) is 6.52. The van der Waals surface area contributed by atoms with Gasteiger partial charge in [0.2, 0.25) is 0 Å². The lowest BCUT2D eigenvalue weighted by atomic mass is 10.1. The number of nitrogens with one attached hydrogen (secondary N) is 1. The summed E-state index contributed by atoms with van der Waals surface area (Å²) in [6, 6.07) is 19.2. The fraction of sp³-hybridized carbons (Fsp3) is 0.143. The summed E-state index contributed by atoms with van der Waals surface area (Å²) in [7, 11) is 1.96. The van der Waals surface area contributed by atoms with E-state index in [1.807, 2.05) is 73.1 Å². The van der Waals surface area contributed by atoms with Crippen LogP contribution in [0.3, 0.4) is 0 Å². The molecule has 0 aliphatic carbocycles. The van der Waals surface area contributed by atoms with Crippen molar-refractivity contribution >= 4 is 16.9 Å². The van der Waals surface area contributed by atoms with Crippen LogP contribution in [0, 0.1) is 6.92 Å². The van der Waals surface area contributed by atoms with Gasteiger partial charge in [0.05, 0.1) is 17.3 Å². The van der Waals surface area contributed by atoms with E-state index in [-0.39, 0.29) is 11.9 Å². The Hall–Kier alpha value is -3.34. The van der Waals surface area contributed by atoms with E-state index < -0.39 is 0 Å². The normalized spacial score (nSPS) is 12.2. The van der Waals surface area contributed by atoms with Gasteiger partial charge in [-0.05, 0) is 30.7 Å². The zero-order chi connectivity index (χ0) is 18.1. The lowest BCUT2D eigenvalue weighted by Crippen LogP contribution is -2.31. The van der Waals surface area contributed by atoms with E-state index in [0.717, 1.165) is 28.0 Å². The van der Waals surface area contributed by atoms with E-state index in [1.165, 1.54) is 6.26 Å². The zero-order valence-corrected chi connectivity index (χ0v) is 14.6. The molecule has 0 unspecified atom stereocenters. The van der Waals surface area contributed by atoms with Crippen molar-refractivity contribution in [3.8, 4) is 0 Å². The molecule has 1 amide bonds. The highest BCUT2D eigenvalue weighted by Crippen LogP contribution is 2.25. The predicted octanol–water partition coefficient (Wildman–Crippen LogP) is 3.99. The van der Waals surface area contributed by atoms with E-state index >= 15 is 0 Å². The molecule has 0 fully saturated rings. The number of aryl methyl sites for hydroxylation is 2. The van der Waals surface area contributed by atoms with E-state index in [9.17, 15) is 4.79 Å². The number of carbonyl (C=O) groups excluding carboxylic acids is 1. The first-order valence-corrected chi connectivity index (χ1v) is 8.46. The highest BCUT2D eigenvalue weighted by atomic mass is 16.3. The minimum Gasteiger partial charge on any atom is -0.459 e. The Bertz CT molecular complexity index is 1060. The summed E-state index contributed by atoms with van der Waals surface area (Å²) in [5.41, 5.74) is 3.68. The molecular formula is C21H19N3O2. The standard InChI is InChI=1S/C21H19N3O2/c1-14-12-13-26-19(14)21(25)23-18(15-8-4-3-5-9-15)20-22-16-10-6-7-11-17(16)24(20)2/h3-13,18H,1-2H3,(H,23,25)/t18-/m0/s1. The lowest BCUT2D eigenvalue weighted by molar-refractivity contribution is 0.0912. The van der Waals surface area contributed by atoms with Crippen LogP contribution in [0.25, 0.3) is 11.0 Å². The van der Waals surface area contributed by atoms with E-state index in [0.29, 0.717) is 5.76 Å². The Kier molecular flexibility index (Phi) is 4.05. The molecule has 5 nitrogen and oxygen atoms in total. The lowest BCUT2D eigenvalue weighted by Gasteiger charge is -2.19. The Morgan fingerprint density at radius 2 is 1.81 bits per heavy atom. The van der Waals surface area contributed by atoms with Crippen molar-refractivity contribution < 1.29 is 9.21 Å². The van der Waals surface area contributed by atoms with Gasteiger partial charge in [0.1, 0.15) is 11.9 Å². The molecular weight excluding hydrogens is 326 g/mol. The second-order valence-electron chi connectivity index (χ2n) is 6.27. The fourth-order valence-corrected chi connectivity index (χ4v) is 3.17. The summed E-state index contributed by atoms with van der Waals surface area (Å²) < 4.78 is 7.36. The maximum absolute atomic E-state index is 12.8. The van der Waals surface area contributed by atoms with Crippen molar-refractivity contribution in [1.29, 1.82) is 0 Å². The number of nitrogens with zero attached hydrogens (tertiary/aromatic N) is 2. The summed E-state index contributed by atoms with van der Waals surface area (Å²) in [5, 5.41) is 3.08. The van der Waals surface area contributed by atoms with Crippen molar-refractivity contribution in [1.82, 2.24) is 14.9 Å². The fourth-order valence-electron chi connectivity index (χ4n) is 3.17. The van der Waals surface area contributed by atoms with Crippen LogP contribution >= 0.6 is 0 Å². The molecule has 0 spiro atoms. The van der Waals surface area contributed by atoms with Crippen molar-refractivity contribution in [2.45, 2.75) is 13.0 Å². The average molecular weight is 345 g/mol. The molecule has 0 aliphatic rings. The van der Waals surface area contributed by atoms with E-state index in [1.54, 1.807) is 6.07 Å². The van der Waals surface area contributed by atoms with Crippen LogP contribution in [0.2, 0.25) is 0 Å². The highest BCUT2D eigenvalue weighted by Gasteiger charge is 2.24.